The average Bonchev–Trinajstić information content (AvgIpc) is 3.18. The second kappa shape index (κ2) is 5.12. The molecule has 1 saturated heterocycles. The van der Waals surface area contributed by atoms with Crippen LogP contribution in [-0.2, 0) is 19.4 Å². The molecule has 3 aromatic heterocycles. The molecule has 0 spiro atoms. The number of aryl methyl sites for hydroxylation is 2. The van der Waals surface area contributed by atoms with E-state index < -0.39 is 0 Å². The third kappa shape index (κ3) is 2.10. The van der Waals surface area contributed by atoms with Crippen LogP contribution in [0.4, 0.5) is 5.82 Å². The molecule has 0 unspecified atom stereocenters. The molecule has 8 nitrogen and oxygen atoms in total. The zero-order valence-electron chi connectivity index (χ0n) is 13.1. The molecule has 0 bridgehead atoms. The Morgan fingerprint density at radius 3 is 3.04 bits per heavy atom. The van der Waals surface area contributed by atoms with Gasteiger partial charge in [0.1, 0.15) is 11.8 Å². The number of nitrogens with one attached hydrogen (secondary N) is 1. The minimum atomic E-state index is 0.0205. The second-order valence-electron chi connectivity index (χ2n) is 6.56. The first-order valence-electron chi connectivity index (χ1n) is 8.27. The van der Waals surface area contributed by atoms with Crippen LogP contribution in [0, 0.1) is 5.92 Å². The van der Waals surface area contributed by atoms with Gasteiger partial charge in [-0.05, 0) is 24.8 Å². The predicted molar refractivity (Wildman–Crippen MR) is 87.9 cm³/mol. The van der Waals surface area contributed by atoms with E-state index in [2.05, 4.69) is 29.9 Å². The predicted octanol–water partition coefficient (Wildman–Crippen LogP) is 0.535. The summed E-state index contributed by atoms with van der Waals surface area (Å²) in [6, 6.07) is 1.77. The van der Waals surface area contributed by atoms with Crippen molar-refractivity contribution < 1.29 is 0 Å². The quantitative estimate of drug-likeness (QED) is 0.756. The summed E-state index contributed by atoms with van der Waals surface area (Å²) in [4.78, 5) is 30.1. The summed E-state index contributed by atoms with van der Waals surface area (Å²) in [6.07, 6.45) is 6.26. The van der Waals surface area contributed by atoms with Crippen molar-refractivity contribution in [3.63, 3.8) is 0 Å². The Labute approximate surface area is 137 Å². The monoisotopic (exact) mass is 323 g/mol. The summed E-state index contributed by atoms with van der Waals surface area (Å²) in [7, 11) is 0. The molecule has 1 aliphatic heterocycles. The van der Waals surface area contributed by atoms with Crippen LogP contribution in [0.15, 0.2) is 23.5 Å². The summed E-state index contributed by atoms with van der Waals surface area (Å²) >= 11 is 0. The highest BCUT2D eigenvalue weighted by atomic mass is 16.1. The Morgan fingerprint density at radius 2 is 2.12 bits per heavy atom. The van der Waals surface area contributed by atoms with Crippen molar-refractivity contribution in [2.75, 3.05) is 18.0 Å². The van der Waals surface area contributed by atoms with E-state index in [1.807, 2.05) is 0 Å². The fourth-order valence-electron chi connectivity index (χ4n) is 3.67. The highest BCUT2D eigenvalue weighted by molar-refractivity contribution is 5.83. The smallest absolute Gasteiger partial charge is 0.267 e. The van der Waals surface area contributed by atoms with Crippen molar-refractivity contribution in [3.05, 3.63) is 40.3 Å². The van der Waals surface area contributed by atoms with Crippen LogP contribution < -0.4 is 10.5 Å². The van der Waals surface area contributed by atoms with Crippen molar-refractivity contribution in [2.45, 2.75) is 25.8 Å². The molecule has 5 rings (SSSR count). The molecule has 0 amide bonds. The summed E-state index contributed by atoms with van der Waals surface area (Å²) in [5.74, 6) is 1.28. The maximum atomic E-state index is 12.2. The zero-order chi connectivity index (χ0) is 16.1. The van der Waals surface area contributed by atoms with Gasteiger partial charge in [0.25, 0.3) is 5.56 Å². The Morgan fingerprint density at radius 1 is 1.21 bits per heavy atom. The van der Waals surface area contributed by atoms with Gasteiger partial charge in [-0.1, -0.05) is 0 Å². The number of aromatic amines is 1. The maximum Gasteiger partial charge on any atom is 0.267 e. The number of H-pyrrole nitrogens is 1. The summed E-state index contributed by atoms with van der Waals surface area (Å²) in [5.41, 5.74) is 3.80. The summed E-state index contributed by atoms with van der Waals surface area (Å²) in [5, 5.41) is 4.56. The van der Waals surface area contributed by atoms with Crippen molar-refractivity contribution in [2.24, 2.45) is 5.92 Å². The van der Waals surface area contributed by atoms with Crippen molar-refractivity contribution in [1.29, 1.82) is 0 Å². The lowest BCUT2D eigenvalue weighted by Gasteiger charge is -2.40. The summed E-state index contributed by atoms with van der Waals surface area (Å²) in [6.45, 7) is 2.38. The normalized spacial score (nSPS) is 17.2. The van der Waals surface area contributed by atoms with Crippen LogP contribution in [0.5, 0.6) is 0 Å². The maximum absolute atomic E-state index is 12.2. The zero-order valence-corrected chi connectivity index (χ0v) is 13.1. The SMILES string of the molecule is O=c1cc2c(nn1CC1CN(c3ncnc4nc[nH]c34)C1)CCC2. The van der Waals surface area contributed by atoms with Gasteiger partial charge in [0.2, 0.25) is 0 Å². The van der Waals surface area contributed by atoms with E-state index in [4.69, 9.17) is 0 Å². The van der Waals surface area contributed by atoms with E-state index in [1.165, 1.54) is 0 Å². The van der Waals surface area contributed by atoms with Gasteiger partial charge in [-0.3, -0.25) is 4.79 Å². The lowest BCUT2D eigenvalue weighted by Crippen LogP contribution is -2.50. The number of rotatable bonds is 3. The van der Waals surface area contributed by atoms with Gasteiger partial charge in [0.05, 0.1) is 18.6 Å². The number of anilines is 1. The van der Waals surface area contributed by atoms with E-state index in [-0.39, 0.29) is 5.56 Å². The first-order chi connectivity index (χ1) is 11.8. The van der Waals surface area contributed by atoms with E-state index in [9.17, 15) is 4.79 Å². The molecular formula is C16H17N7O. The minimum absolute atomic E-state index is 0.0205. The molecule has 0 atom stereocenters. The minimum Gasteiger partial charge on any atom is -0.354 e. The number of imidazole rings is 1. The largest absolute Gasteiger partial charge is 0.354 e. The fourth-order valence-corrected chi connectivity index (χ4v) is 3.67. The Bertz CT molecular complexity index is 970. The van der Waals surface area contributed by atoms with Gasteiger partial charge in [0.15, 0.2) is 11.5 Å². The molecule has 1 fully saturated rings. The fraction of sp³-hybridized carbons (Fsp3) is 0.438. The van der Waals surface area contributed by atoms with Gasteiger partial charge < -0.3 is 9.88 Å². The second-order valence-corrected chi connectivity index (χ2v) is 6.56. The van der Waals surface area contributed by atoms with Crippen molar-refractivity contribution >= 4 is 17.0 Å². The van der Waals surface area contributed by atoms with E-state index in [0.29, 0.717) is 18.1 Å². The van der Waals surface area contributed by atoms with E-state index in [1.54, 1.807) is 23.4 Å². The third-order valence-electron chi connectivity index (χ3n) is 4.91. The lowest BCUT2D eigenvalue weighted by atomic mass is 10.00. The van der Waals surface area contributed by atoms with Gasteiger partial charge in [-0.25, -0.2) is 19.6 Å². The number of hydrogen-bond donors (Lipinski definition) is 1. The van der Waals surface area contributed by atoms with Gasteiger partial charge in [-0.15, -0.1) is 0 Å². The van der Waals surface area contributed by atoms with Crippen molar-refractivity contribution in [1.82, 2.24) is 29.7 Å². The Hall–Kier alpha value is -2.77. The molecule has 1 aliphatic carbocycles. The molecule has 2 aliphatic rings. The van der Waals surface area contributed by atoms with Crippen LogP contribution in [0.2, 0.25) is 0 Å². The number of aromatic nitrogens is 6. The molecule has 4 heterocycles. The van der Waals surface area contributed by atoms with Gasteiger partial charge >= 0.3 is 0 Å². The average molecular weight is 323 g/mol. The topological polar surface area (TPSA) is 92.6 Å². The van der Waals surface area contributed by atoms with Crippen LogP contribution in [-0.4, -0.2) is 42.8 Å². The van der Waals surface area contributed by atoms with Gasteiger partial charge in [0, 0.05) is 25.1 Å². The molecule has 1 N–H and O–H groups in total. The first kappa shape index (κ1) is 13.6. The number of nitrogens with zero attached hydrogens (tertiary/aromatic N) is 6. The standard InChI is InChI=1S/C16H17N7O/c24-13-4-11-2-1-3-12(11)21-23(13)7-10-5-22(6-10)16-14-15(18-8-17-14)19-9-20-16/h4,8-10H,1-3,5-7H2,(H,17,18,19,20). The number of fused-ring (bicyclic) bond motifs is 2. The Kier molecular flexibility index (Phi) is 2.91. The molecule has 122 valence electrons. The van der Waals surface area contributed by atoms with Gasteiger partial charge in [-0.2, -0.15) is 5.10 Å². The molecule has 8 heteroatoms. The molecule has 3 aromatic rings. The first-order valence-corrected chi connectivity index (χ1v) is 8.27. The molecule has 24 heavy (non-hydrogen) atoms. The van der Waals surface area contributed by atoms with E-state index in [0.717, 1.165) is 54.9 Å². The third-order valence-corrected chi connectivity index (χ3v) is 4.91. The molecule has 0 saturated carbocycles. The van der Waals surface area contributed by atoms with Crippen molar-refractivity contribution in [3.8, 4) is 0 Å². The molecule has 0 aromatic carbocycles. The Balaban J connectivity index is 1.32. The lowest BCUT2D eigenvalue weighted by molar-refractivity contribution is 0.332. The molecular weight excluding hydrogens is 306 g/mol. The highest BCUT2D eigenvalue weighted by Gasteiger charge is 2.30. The summed E-state index contributed by atoms with van der Waals surface area (Å²) < 4.78 is 1.64. The van der Waals surface area contributed by atoms with Crippen LogP contribution in [0.1, 0.15) is 17.7 Å². The van der Waals surface area contributed by atoms with E-state index >= 15 is 0 Å². The highest BCUT2D eigenvalue weighted by Crippen LogP contribution is 2.27. The van der Waals surface area contributed by atoms with Crippen LogP contribution in [0.3, 0.4) is 0 Å². The molecule has 0 radical (unpaired) electrons. The van der Waals surface area contributed by atoms with Crippen LogP contribution in [0.25, 0.3) is 11.2 Å². The number of hydrogen-bond acceptors (Lipinski definition) is 6. The van der Waals surface area contributed by atoms with Crippen LogP contribution >= 0.6 is 0 Å².